The SMILES string of the molecule is C=C(Cl)CNCc1ccc([Si](C)(C)C)cc1. The molecule has 1 N–H and O–H groups in total. The molecule has 0 fully saturated rings. The van der Waals surface area contributed by atoms with Crippen LogP contribution in [0.1, 0.15) is 5.56 Å². The molecule has 1 nitrogen and oxygen atoms in total. The molecule has 16 heavy (non-hydrogen) atoms. The van der Waals surface area contributed by atoms with E-state index >= 15 is 0 Å². The molecule has 1 aromatic rings. The summed E-state index contributed by atoms with van der Waals surface area (Å²) in [4.78, 5) is 0. The molecule has 0 heterocycles. The summed E-state index contributed by atoms with van der Waals surface area (Å²) in [5, 5.41) is 5.39. The van der Waals surface area contributed by atoms with Crippen LogP contribution >= 0.6 is 11.6 Å². The van der Waals surface area contributed by atoms with Gasteiger partial charge in [-0.2, -0.15) is 0 Å². The van der Waals surface area contributed by atoms with Crippen LogP contribution in [-0.2, 0) is 6.54 Å². The van der Waals surface area contributed by atoms with E-state index in [0.717, 1.165) is 6.54 Å². The maximum absolute atomic E-state index is 5.68. The van der Waals surface area contributed by atoms with E-state index in [-0.39, 0.29) is 0 Å². The van der Waals surface area contributed by atoms with Crippen LogP contribution in [0, 0.1) is 0 Å². The van der Waals surface area contributed by atoms with E-state index in [1.165, 1.54) is 10.8 Å². The minimum Gasteiger partial charge on any atom is -0.308 e. The predicted octanol–water partition coefficient (Wildman–Crippen LogP) is 3.07. The van der Waals surface area contributed by atoms with Crippen molar-refractivity contribution in [1.29, 1.82) is 0 Å². The van der Waals surface area contributed by atoms with Gasteiger partial charge in [0, 0.05) is 18.1 Å². The van der Waals surface area contributed by atoms with E-state index < -0.39 is 8.07 Å². The third kappa shape index (κ3) is 4.52. The van der Waals surface area contributed by atoms with Crippen LogP contribution in [-0.4, -0.2) is 14.6 Å². The number of halogens is 1. The summed E-state index contributed by atoms with van der Waals surface area (Å²) in [6, 6.07) is 8.88. The summed E-state index contributed by atoms with van der Waals surface area (Å²) in [5.74, 6) is 0. The zero-order chi connectivity index (χ0) is 12.2. The van der Waals surface area contributed by atoms with Gasteiger partial charge in [0.1, 0.15) is 0 Å². The number of rotatable bonds is 5. The van der Waals surface area contributed by atoms with Crippen LogP contribution in [0.3, 0.4) is 0 Å². The lowest BCUT2D eigenvalue weighted by atomic mass is 10.2. The Bertz CT molecular complexity index is 351. The molecule has 0 aliphatic rings. The predicted molar refractivity (Wildman–Crippen MR) is 76.1 cm³/mol. The van der Waals surface area contributed by atoms with Gasteiger partial charge in [-0.3, -0.25) is 0 Å². The monoisotopic (exact) mass is 253 g/mol. The van der Waals surface area contributed by atoms with Crippen molar-refractivity contribution in [2.75, 3.05) is 6.54 Å². The molecule has 1 rings (SSSR count). The first kappa shape index (κ1) is 13.5. The van der Waals surface area contributed by atoms with Crippen molar-refractivity contribution >= 4 is 24.9 Å². The van der Waals surface area contributed by atoms with E-state index in [1.54, 1.807) is 0 Å². The molecule has 88 valence electrons. The fourth-order valence-corrected chi connectivity index (χ4v) is 2.73. The third-order valence-corrected chi connectivity index (χ3v) is 4.66. The fraction of sp³-hybridized carbons (Fsp3) is 0.385. The van der Waals surface area contributed by atoms with Crippen molar-refractivity contribution < 1.29 is 0 Å². The Morgan fingerprint density at radius 2 is 1.81 bits per heavy atom. The highest BCUT2D eigenvalue weighted by Crippen LogP contribution is 2.04. The van der Waals surface area contributed by atoms with Crippen LogP contribution in [0.15, 0.2) is 35.9 Å². The maximum atomic E-state index is 5.68. The van der Waals surface area contributed by atoms with Crippen molar-refractivity contribution in [2.45, 2.75) is 26.2 Å². The van der Waals surface area contributed by atoms with Gasteiger partial charge in [0.2, 0.25) is 0 Å². The second-order valence-corrected chi connectivity index (χ2v) is 10.7. The molecule has 0 spiro atoms. The third-order valence-electron chi connectivity index (χ3n) is 2.47. The first-order valence-corrected chi connectivity index (χ1v) is 9.41. The Kier molecular flexibility index (Phi) is 4.78. The molecule has 0 unspecified atom stereocenters. The normalized spacial score (nSPS) is 11.5. The zero-order valence-electron chi connectivity index (χ0n) is 10.3. The van der Waals surface area contributed by atoms with E-state index in [1.807, 2.05) is 0 Å². The van der Waals surface area contributed by atoms with Gasteiger partial charge in [-0.05, 0) is 5.56 Å². The lowest BCUT2D eigenvalue weighted by molar-refractivity contribution is 0.755. The topological polar surface area (TPSA) is 12.0 Å². The molecule has 0 saturated carbocycles. The maximum Gasteiger partial charge on any atom is 0.0775 e. The molecular formula is C13H20ClNSi. The van der Waals surface area contributed by atoms with E-state index in [2.05, 4.69) is 55.8 Å². The lowest BCUT2D eigenvalue weighted by Gasteiger charge is -2.16. The minimum absolute atomic E-state index is 0.652. The van der Waals surface area contributed by atoms with Gasteiger partial charge in [0.25, 0.3) is 0 Å². The van der Waals surface area contributed by atoms with Crippen molar-refractivity contribution in [2.24, 2.45) is 0 Å². The van der Waals surface area contributed by atoms with Gasteiger partial charge < -0.3 is 5.32 Å². The molecule has 0 aromatic heterocycles. The molecule has 0 aliphatic carbocycles. The highest BCUT2D eigenvalue weighted by molar-refractivity contribution is 6.88. The van der Waals surface area contributed by atoms with E-state index in [0.29, 0.717) is 11.6 Å². The highest BCUT2D eigenvalue weighted by atomic mass is 35.5. The Hall–Kier alpha value is -0.573. The van der Waals surface area contributed by atoms with Crippen LogP contribution in [0.4, 0.5) is 0 Å². The molecule has 0 amide bonds. The zero-order valence-corrected chi connectivity index (χ0v) is 12.1. The molecule has 0 aliphatic heterocycles. The highest BCUT2D eigenvalue weighted by Gasteiger charge is 2.15. The molecule has 1 aromatic carbocycles. The van der Waals surface area contributed by atoms with Crippen LogP contribution < -0.4 is 10.5 Å². The Balaban J connectivity index is 2.55. The van der Waals surface area contributed by atoms with Gasteiger partial charge >= 0.3 is 0 Å². The van der Waals surface area contributed by atoms with Gasteiger partial charge in [-0.25, -0.2) is 0 Å². The molecular weight excluding hydrogens is 234 g/mol. The largest absolute Gasteiger partial charge is 0.308 e. The number of hydrogen-bond donors (Lipinski definition) is 1. The summed E-state index contributed by atoms with van der Waals surface area (Å²) in [5.41, 5.74) is 1.29. The number of nitrogens with one attached hydrogen (secondary N) is 1. The minimum atomic E-state index is -1.16. The first-order valence-electron chi connectivity index (χ1n) is 5.53. The van der Waals surface area contributed by atoms with E-state index in [4.69, 9.17) is 11.6 Å². The lowest BCUT2D eigenvalue weighted by Crippen LogP contribution is -2.37. The summed E-state index contributed by atoms with van der Waals surface area (Å²) in [6.45, 7) is 12.2. The molecule has 3 heteroatoms. The van der Waals surface area contributed by atoms with Crippen LogP contribution in [0.5, 0.6) is 0 Å². The van der Waals surface area contributed by atoms with Crippen LogP contribution in [0.25, 0.3) is 0 Å². The summed E-state index contributed by atoms with van der Waals surface area (Å²) in [7, 11) is -1.16. The average molecular weight is 254 g/mol. The van der Waals surface area contributed by atoms with Gasteiger partial charge in [0.15, 0.2) is 0 Å². The quantitative estimate of drug-likeness (QED) is 0.796. The Morgan fingerprint density at radius 1 is 1.25 bits per heavy atom. The van der Waals surface area contributed by atoms with E-state index in [9.17, 15) is 0 Å². The summed E-state index contributed by atoms with van der Waals surface area (Å²) >= 11 is 5.68. The van der Waals surface area contributed by atoms with Crippen molar-refractivity contribution in [3.05, 3.63) is 41.4 Å². The molecule has 0 radical (unpaired) electrons. The summed E-state index contributed by atoms with van der Waals surface area (Å²) in [6.07, 6.45) is 0. The van der Waals surface area contributed by atoms with Gasteiger partial charge in [-0.1, -0.05) is 67.3 Å². The standard InChI is InChI=1S/C13H20ClNSi/c1-11(14)9-15-10-12-5-7-13(8-6-12)16(2,3)4/h5-8,15H,1,9-10H2,2-4H3. The average Bonchev–Trinajstić information content (AvgIpc) is 2.16. The Morgan fingerprint density at radius 3 is 2.25 bits per heavy atom. The summed E-state index contributed by atoms with van der Waals surface area (Å²) < 4.78 is 0. The second-order valence-electron chi connectivity index (χ2n) is 5.07. The molecule has 0 saturated heterocycles. The van der Waals surface area contributed by atoms with Gasteiger partial charge in [-0.15, -0.1) is 0 Å². The first-order chi connectivity index (χ1) is 7.39. The van der Waals surface area contributed by atoms with Gasteiger partial charge in [0.05, 0.1) is 8.07 Å². The smallest absolute Gasteiger partial charge is 0.0775 e. The second kappa shape index (κ2) is 5.67. The van der Waals surface area contributed by atoms with Crippen molar-refractivity contribution in [3.63, 3.8) is 0 Å². The van der Waals surface area contributed by atoms with Crippen LogP contribution in [0.2, 0.25) is 19.6 Å². The molecule has 0 bridgehead atoms. The fourth-order valence-electron chi connectivity index (χ4n) is 1.47. The molecule has 0 atom stereocenters. The van der Waals surface area contributed by atoms with Crippen molar-refractivity contribution in [1.82, 2.24) is 5.32 Å². The number of benzene rings is 1. The number of hydrogen-bond acceptors (Lipinski definition) is 1. The van der Waals surface area contributed by atoms with Crippen molar-refractivity contribution in [3.8, 4) is 0 Å². The Labute approximate surface area is 105 Å².